The van der Waals surface area contributed by atoms with Crippen LogP contribution in [0.3, 0.4) is 0 Å². The SMILES string of the molecule is O=C(COC[C@H]1O[C@@H](O)[C@@](O)(CC(=O)c2cc(O)c(O)c(O)c2)[C@](O)(CC(=O)c2cc(O)c(O)c(O)c2)[C@@]1(O)CC(=O)c1cc(O)c(O)c(O)c1)c1cc(O)c(O)c(O)c1. The number of aliphatic hydroxyl groups excluding tert-OH is 1. The summed E-state index contributed by atoms with van der Waals surface area (Å²) in [5, 5.41) is 168. The summed E-state index contributed by atoms with van der Waals surface area (Å²) >= 11 is 0. The number of carbonyl (C=O) groups excluding carboxylic acids is 4. The molecule has 1 fully saturated rings. The lowest BCUT2D eigenvalue weighted by molar-refractivity contribution is -0.392. The molecule has 0 bridgehead atoms. The van der Waals surface area contributed by atoms with Crippen molar-refractivity contribution in [3.8, 4) is 69.0 Å². The van der Waals surface area contributed by atoms with Gasteiger partial charge in [0.2, 0.25) is 0 Å². The number of aromatic hydroxyl groups is 12. The number of hydrogen-bond donors (Lipinski definition) is 16. The molecular formula is C38H36O22. The first-order valence-corrected chi connectivity index (χ1v) is 17.1. The Labute approximate surface area is 334 Å². The number of hydrogen-bond acceptors (Lipinski definition) is 22. The lowest BCUT2D eigenvalue weighted by atomic mass is 9.60. The zero-order chi connectivity index (χ0) is 44.8. The predicted molar refractivity (Wildman–Crippen MR) is 193 cm³/mol. The van der Waals surface area contributed by atoms with Gasteiger partial charge < -0.3 is 91.2 Å². The summed E-state index contributed by atoms with van der Waals surface area (Å²) in [5.74, 6) is -17.9. The maximum atomic E-state index is 13.9. The van der Waals surface area contributed by atoms with Crippen LogP contribution in [-0.4, -0.2) is 147 Å². The molecule has 5 rings (SSSR count). The number of Topliss-reactive ketones (excluding diaryl/α,β-unsaturated/α-hetero) is 4. The minimum atomic E-state index is -3.81. The van der Waals surface area contributed by atoms with Crippen molar-refractivity contribution < 1.29 is 110 Å². The van der Waals surface area contributed by atoms with E-state index >= 15 is 0 Å². The minimum Gasteiger partial charge on any atom is -0.504 e. The number of aliphatic hydroxyl groups is 4. The second kappa shape index (κ2) is 15.9. The largest absolute Gasteiger partial charge is 0.504 e. The van der Waals surface area contributed by atoms with E-state index in [4.69, 9.17) is 9.47 Å². The van der Waals surface area contributed by atoms with Crippen LogP contribution in [0, 0.1) is 0 Å². The lowest BCUT2D eigenvalue weighted by Crippen LogP contribution is -2.81. The van der Waals surface area contributed by atoms with Crippen LogP contribution in [0.4, 0.5) is 0 Å². The maximum absolute atomic E-state index is 13.9. The Hall–Kier alpha value is -7.08. The van der Waals surface area contributed by atoms with Gasteiger partial charge in [0.1, 0.15) is 23.9 Å². The number of ketones is 4. The molecule has 0 radical (unpaired) electrons. The number of phenolic OH excluding ortho intramolecular Hbond substituents is 12. The van der Waals surface area contributed by atoms with Gasteiger partial charge in [-0.3, -0.25) is 19.2 Å². The van der Waals surface area contributed by atoms with Gasteiger partial charge in [-0.15, -0.1) is 0 Å². The van der Waals surface area contributed by atoms with Gasteiger partial charge in [-0.25, -0.2) is 0 Å². The summed E-state index contributed by atoms with van der Waals surface area (Å²) in [6, 6.07) is 4.88. The number of benzene rings is 4. The molecule has 320 valence electrons. The second-order valence-electron chi connectivity index (χ2n) is 13.9. The van der Waals surface area contributed by atoms with Crippen molar-refractivity contribution in [2.75, 3.05) is 13.2 Å². The number of ether oxygens (including phenoxy) is 2. The monoisotopic (exact) mass is 844 g/mol. The fourth-order valence-corrected chi connectivity index (χ4v) is 6.63. The third-order valence-corrected chi connectivity index (χ3v) is 10.0. The molecule has 4 aromatic carbocycles. The Balaban J connectivity index is 1.66. The summed E-state index contributed by atoms with van der Waals surface area (Å²) in [6.07, 6.45) is -10.2. The Bertz CT molecular complexity index is 2320. The molecule has 60 heavy (non-hydrogen) atoms. The maximum Gasteiger partial charge on any atom is 0.200 e. The van der Waals surface area contributed by atoms with Crippen molar-refractivity contribution in [3.05, 3.63) is 70.8 Å². The number of rotatable bonds is 14. The van der Waals surface area contributed by atoms with Crippen molar-refractivity contribution in [1.29, 1.82) is 0 Å². The van der Waals surface area contributed by atoms with Crippen LogP contribution in [0.1, 0.15) is 60.7 Å². The van der Waals surface area contributed by atoms with E-state index in [1.807, 2.05) is 0 Å². The summed E-state index contributed by atoms with van der Waals surface area (Å²) in [4.78, 5) is 54.4. The summed E-state index contributed by atoms with van der Waals surface area (Å²) in [7, 11) is 0. The van der Waals surface area contributed by atoms with E-state index in [-0.39, 0.29) is 0 Å². The Morgan fingerprint density at radius 1 is 0.467 bits per heavy atom. The van der Waals surface area contributed by atoms with Crippen LogP contribution in [-0.2, 0) is 9.47 Å². The van der Waals surface area contributed by atoms with Gasteiger partial charge in [-0.2, -0.15) is 0 Å². The molecule has 0 amide bonds. The molecular weight excluding hydrogens is 808 g/mol. The van der Waals surface area contributed by atoms with E-state index in [0.29, 0.717) is 36.4 Å². The minimum absolute atomic E-state index is 0.452. The molecule has 0 aliphatic carbocycles. The van der Waals surface area contributed by atoms with Crippen LogP contribution in [0.15, 0.2) is 48.5 Å². The topological polar surface area (TPSA) is 410 Å². The predicted octanol–water partition coefficient (Wildman–Crippen LogP) is 0.0826. The molecule has 4 aromatic rings. The van der Waals surface area contributed by atoms with E-state index in [0.717, 1.165) is 12.1 Å². The molecule has 22 nitrogen and oxygen atoms in total. The van der Waals surface area contributed by atoms with Gasteiger partial charge in [0.15, 0.2) is 104 Å². The average molecular weight is 845 g/mol. The zero-order valence-electron chi connectivity index (χ0n) is 30.4. The summed E-state index contributed by atoms with van der Waals surface area (Å²) in [5.41, 5.74) is -13.7. The van der Waals surface area contributed by atoms with E-state index in [2.05, 4.69) is 0 Å². The molecule has 1 saturated heterocycles. The van der Waals surface area contributed by atoms with Gasteiger partial charge in [0.05, 0.1) is 6.61 Å². The molecule has 0 saturated carbocycles. The van der Waals surface area contributed by atoms with Crippen LogP contribution >= 0.6 is 0 Å². The first-order valence-electron chi connectivity index (χ1n) is 17.1. The smallest absolute Gasteiger partial charge is 0.200 e. The Morgan fingerprint density at radius 2 is 0.750 bits per heavy atom. The standard InChI is InChI=1S/C38H36O22/c39-18-1-14(2-19(40)31(18)51)26(47)9-36(56)30(13-59-12-29(50)17-7-24(45)34(54)25(46)8-17)60-35(55)37(57,10-27(48)15-3-20(41)32(52)21(42)4-15)38(36,58)11-28(49)16-5-22(43)33(53)23(44)6-16/h1-8,30,35,39-46,51-58H,9-13H2/t30-,35-,36-,37+,38+/m1/s1. The molecule has 1 heterocycles. The van der Waals surface area contributed by atoms with Gasteiger partial charge in [0.25, 0.3) is 0 Å². The highest BCUT2D eigenvalue weighted by Gasteiger charge is 2.73. The molecule has 0 spiro atoms. The third kappa shape index (κ3) is 7.75. The molecule has 16 N–H and O–H groups in total. The van der Waals surface area contributed by atoms with Gasteiger partial charge in [-0.05, 0) is 48.5 Å². The van der Waals surface area contributed by atoms with Gasteiger partial charge in [0, 0.05) is 41.5 Å². The van der Waals surface area contributed by atoms with E-state index < -0.39 is 176 Å². The van der Waals surface area contributed by atoms with Crippen molar-refractivity contribution in [1.82, 2.24) is 0 Å². The first kappa shape index (κ1) is 44.0. The average Bonchev–Trinajstić information content (AvgIpc) is 3.17. The number of carbonyl (C=O) groups is 4. The highest BCUT2D eigenvalue weighted by atomic mass is 16.7. The van der Waals surface area contributed by atoms with Crippen molar-refractivity contribution in [2.24, 2.45) is 0 Å². The van der Waals surface area contributed by atoms with Crippen LogP contribution in [0.2, 0.25) is 0 Å². The van der Waals surface area contributed by atoms with Crippen molar-refractivity contribution in [2.45, 2.75) is 48.5 Å². The fraction of sp³-hybridized carbons (Fsp3) is 0.263. The van der Waals surface area contributed by atoms with Crippen LogP contribution in [0.25, 0.3) is 0 Å². The second-order valence-corrected chi connectivity index (χ2v) is 13.9. The molecule has 5 atom stereocenters. The molecule has 22 heteroatoms. The zero-order valence-corrected chi connectivity index (χ0v) is 30.4. The van der Waals surface area contributed by atoms with E-state index in [1.165, 1.54) is 0 Å². The normalized spacial score (nSPS) is 22.6. The Morgan fingerprint density at radius 3 is 1.08 bits per heavy atom. The third-order valence-electron chi connectivity index (χ3n) is 10.0. The van der Waals surface area contributed by atoms with Crippen molar-refractivity contribution in [3.63, 3.8) is 0 Å². The van der Waals surface area contributed by atoms with Gasteiger partial charge >= 0.3 is 0 Å². The lowest BCUT2D eigenvalue weighted by Gasteiger charge is -2.59. The van der Waals surface area contributed by atoms with Crippen molar-refractivity contribution >= 4 is 23.1 Å². The summed E-state index contributed by atoms with van der Waals surface area (Å²) in [6.45, 7) is -2.24. The van der Waals surface area contributed by atoms with Crippen LogP contribution in [0.5, 0.6) is 69.0 Å². The summed E-state index contributed by atoms with van der Waals surface area (Å²) < 4.78 is 10.8. The highest BCUT2D eigenvalue weighted by molar-refractivity contribution is 6.01. The van der Waals surface area contributed by atoms with E-state index in [9.17, 15) is 101 Å². The Kier molecular flexibility index (Phi) is 11.7. The highest BCUT2D eigenvalue weighted by Crippen LogP contribution is 2.52. The van der Waals surface area contributed by atoms with Gasteiger partial charge in [-0.1, -0.05) is 0 Å². The first-order chi connectivity index (χ1) is 27.8. The molecule has 0 unspecified atom stereocenters. The van der Waals surface area contributed by atoms with E-state index in [1.54, 1.807) is 0 Å². The fourth-order valence-electron chi connectivity index (χ4n) is 6.63. The molecule has 0 aromatic heterocycles. The van der Waals surface area contributed by atoms with Crippen LogP contribution < -0.4 is 0 Å². The molecule has 1 aliphatic rings. The number of phenols is 12. The quantitative estimate of drug-likeness (QED) is 0.0590. The molecule has 1 aliphatic heterocycles.